The Bertz CT molecular complexity index is 896. The molecule has 4 rings (SSSR count). The summed E-state index contributed by atoms with van der Waals surface area (Å²) in [6, 6.07) is 14.1. The third-order valence-electron chi connectivity index (χ3n) is 5.40. The van der Waals surface area contributed by atoms with Crippen molar-refractivity contribution in [1.29, 1.82) is 0 Å². The van der Waals surface area contributed by atoms with Crippen LogP contribution >= 0.6 is 0 Å². The minimum Gasteiger partial charge on any atom is -0.486 e. The molecule has 2 aromatic rings. The van der Waals surface area contributed by atoms with Crippen molar-refractivity contribution in [2.24, 2.45) is 0 Å². The van der Waals surface area contributed by atoms with E-state index in [-0.39, 0.29) is 12.1 Å². The number of hydrogen-bond donors (Lipinski definition) is 1. The van der Waals surface area contributed by atoms with Gasteiger partial charge in [0.05, 0.1) is 18.9 Å². The predicted molar refractivity (Wildman–Crippen MR) is 115 cm³/mol. The molecule has 2 aromatic carbocycles. The lowest BCUT2D eigenvalue weighted by molar-refractivity contribution is 0.142. The van der Waals surface area contributed by atoms with Crippen LogP contribution in [0.3, 0.4) is 0 Å². The van der Waals surface area contributed by atoms with Crippen molar-refractivity contribution in [3.05, 3.63) is 65.2 Å². The molecule has 0 aliphatic carbocycles. The fourth-order valence-corrected chi connectivity index (χ4v) is 3.93. The number of anilines is 1. The molecule has 152 valence electrons. The molecule has 1 saturated heterocycles. The molecule has 1 atom stereocenters. The SMILES string of the molecule is Cc1cc(C)cc(C2=CCN(C(=O)Nc3ccccc3O[C@H]3CCOC3)CC2)c1. The number of ether oxygens (including phenoxy) is 2. The van der Waals surface area contributed by atoms with Crippen LogP contribution in [-0.4, -0.2) is 43.3 Å². The van der Waals surface area contributed by atoms with Gasteiger partial charge < -0.3 is 19.7 Å². The number of urea groups is 1. The number of rotatable bonds is 4. The number of carbonyl (C=O) groups is 1. The van der Waals surface area contributed by atoms with Crippen LogP contribution in [0, 0.1) is 13.8 Å². The Morgan fingerprint density at radius 1 is 1.17 bits per heavy atom. The van der Waals surface area contributed by atoms with Crippen molar-refractivity contribution in [1.82, 2.24) is 4.90 Å². The van der Waals surface area contributed by atoms with Gasteiger partial charge >= 0.3 is 6.03 Å². The van der Waals surface area contributed by atoms with E-state index in [9.17, 15) is 4.79 Å². The number of hydrogen-bond acceptors (Lipinski definition) is 3. The predicted octanol–water partition coefficient (Wildman–Crippen LogP) is 4.79. The van der Waals surface area contributed by atoms with Gasteiger partial charge in [-0.1, -0.05) is 47.5 Å². The highest BCUT2D eigenvalue weighted by molar-refractivity contribution is 5.91. The summed E-state index contributed by atoms with van der Waals surface area (Å²) < 4.78 is 11.4. The first-order valence-corrected chi connectivity index (χ1v) is 10.3. The highest BCUT2D eigenvalue weighted by Crippen LogP contribution is 2.28. The molecule has 0 radical (unpaired) electrons. The first-order valence-electron chi connectivity index (χ1n) is 10.3. The third-order valence-corrected chi connectivity index (χ3v) is 5.40. The average Bonchev–Trinajstić information content (AvgIpc) is 3.22. The van der Waals surface area contributed by atoms with Crippen molar-refractivity contribution < 1.29 is 14.3 Å². The molecule has 2 aliphatic heterocycles. The number of aryl methyl sites for hydroxylation is 2. The smallest absolute Gasteiger partial charge is 0.322 e. The van der Waals surface area contributed by atoms with E-state index in [1.165, 1.54) is 22.3 Å². The number of carbonyl (C=O) groups excluding carboxylic acids is 1. The van der Waals surface area contributed by atoms with Gasteiger partial charge in [0.25, 0.3) is 0 Å². The zero-order valence-electron chi connectivity index (χ0n) is 17.1. The molecule has 2 aliphatic rings. The summed E-state index contributed by atoms with van der Waals surface area (Å²) in [6.07, 6.45) is 3.94. The molecule has 5 heteroatoms. The second kappa shape index (κ2) is 8.70. The summed E-state index contributed by atoms with van der Waals surface area (Å²) in [5, 5.41) is 3.02. The molecule has 1 fully saturated rings. The zero-order chi connectivity index (χ0) is 20.2. The summed E-state index contributed by atoms with van der Waals surface area (Å²) >= 11 is 0. The minimum absolute atomic E-state index is 0.0475. The molecule has 0 spiro atoms. The quantitative estimate of drug-likeness (QED) is 0.814. The van der Waals surface area contributed by atoms with Crippen LogP contribution < -0.4 is 10.1 Å². The lowest BCUT2D eigenvalue weighted by Crippen LogP contribution is -2.38. The maximum Gasteiger partial charge on any atom is 0.322 e. The Hall–Kier alpha value is -2.79. The molecule has 2 amide bonds. The normalized spacial score (nSPS) is 19.0. The highest BCUT2D eigenvalue weighted by atomic mass is 16.5. The van der Waals surface area contributed by atoms with Crippen LogP contribution in [0.15, 0.2) is 48.5 Å². The fraction of sp³-hybridized carbons (Fsp3) is 0.375. The maximum atomic E-state index is 12.8. The van der Waals surface area contributed by atoms with Gasteiger partial charge in [-0.25, -0.2) is 4.79 Å². The Labute approximate surface area is 172 Å². The van der Waals surface area contributed by atoms with Crippen molar-refractivity contribution in [3.63, 3.8) is 0 Å². The number of nitrogens with zero attached hydrogens (tertiary/aromatic N) is 1. The Morgan fingerprint density at radius 2 is 1.97 bits per heavy atom. The molecule has 0 unspecified atom stereocenters. The summed E-state index contributed by atoms with van der Waals surface area (Å²) in [5.41, 5.74) is 5.81. The van der Waals surface area contributed by atoms with E-state index in [1.54, 1.807) is 0 Å². The van der Waals surface area contributed by atoms with Gasteiger partial charge in [-0.05, 0) is 43.5 Å². The molecule has 1 N–H and O–H groups in total. The fourth-order valence-electron chi connectivity index (χ4n) is 3.93. The number of nitrogens with one attached hydrogen (secondary N) is 1. The number of amides is 2. The van der Waals surface area contributed by atoms with E-state index >= 15 is 0 Å². The Balaban J connectivity index is 1.41. The zero-order valence-corrected chi connectivity index (χ0v) is 17.1. The molecular formula is C24H28N2O3. The van der Waals surface area contributed by atoms with Crippen LogP contribution in [-0.2, 0) is 4.74 Å². The Morgan fingerprint density at radius 3 is 2.66 bits per heavy atom. The molecule has 2 heterocycles. The van der Waals surface area contributed by atoms with E-state index in [4.69, 9.17) is 9.47 Å². The van der Waals surface area contributed by atoms with E-state index in [0.29, 0.717) is 31.1 Å². The summed E-state index contributed by atoms with van der Waals surface area (Å²) in [5.74, 6) is 0.694. The van der Waals surface area contributed by atoms with Crippen LogP contribution in [0.1, 0.15) is 29.5 Å². The second-order valence-corrected chi connectivity index (χ2v) is 7.83. The number of benzene rings is 2. The summed E-state index contributed by atoms with van der Waals surface area (Å²) in [4.78, 5) is 14.6. The highest BCUT2D eigenvalue weighted by Gasteiger charge is 2.21. The van der Waals surface area contributed by atoms with Crippen LogP contribution in [0.5, 0.6) is 5.75 Å². The van der Waals surface area contributed by atoms with Crippen LogP contribution in [0.2, 0.25) is 0 Å². The summed E-state index contributed by atoms with van der Waals surface area (Å²) in [7, 11) is 0. The molecule has 29 heavy (non-hydrogen) atoms. The standard InChI is InChI=1S/C24H28N2O3/c1-17-13-18(2)15-20(14-17)19-7-10-26(11-8-19)24(27)25-22-5-3-4-6-23(22)29-21-9-12-28-16-21/h3-7,13-15,21H,8-12,16H2,1-2H3,(H,25,27)/t21-/m0/s1. The second-order valence-electron chi connectivity index (χ2n) is 7.83. The van der Waals surface area contributed by atoms with Gasteiger partial charge in [0.2, 0.25) is 0 Å². The average molecular weight is 392 g/mol. The molecule has 0 bridgehead atoms. The van der Waals surface area contributed by atoms with Gasteiger partial charge in [0, 0.05) is 19.5 Å². The van der Waals surface area contributed by atoms with Crippen molar-refractivity contribution in [2.75, 3.05) is 31.6 Å². The van der Waals surface area contributed by atoms with Crippen molar-refractivity contribution >= 4 is 17.3 Å². The number of para-hydroxylation sites is 2. The van der Waals surface area contributed by atoms with Crippen LogP contribution in [0.25, 0.3) is 5.57 Å². The van der Waals surface area contributed by atoms with E-state index < -0.39 is 0 Å². The molecule has 5 nitrogen and oxygen atoms in total. The van der Waals surface area contributed by atoms with Gasteiger partial charge in [-0.15, -0.1) is 0 Å². The van der Waals surface area contributed by atoms with E-state index in [0.717, 1.165) is 19.4 Å². The summed E-state index contributed by atoms with van der Waals surface area (Å²) in [6.45, 7) is 6.87. The topological polar surface area (TPSA) is 50.8 Å². The van der Waals surface area contributed by atoms with E-state index in [1.807, 2.05) is 29.2 Å². The molecule has 0 aromatic heterocycles. The van der Waals surface area contributed by atoms with Crippen molar-refractivity contribution in [2.45, 2.75) is 32.8 Å². The molecular weight excluding hydrogens is 364 g/mol. The Kier molecular flexibility index (Phi) is 5.86. The van der Waals surface area contributed by atoms with Crippen LogP contribution in [0.4, 0.5) is 10.5 Å². The van der Waals surface area contributed by atoms with Gasteiger partial charge in [-0.3, -0.25) is 0 Å². The van der Waals surface area contributed by atoms with Gasteiger partial charge in [0.15, 0.2) is 0 Å². The largest absolute Gasteiger partial charge is 0.486 e. The van der Waals surface area contributed by atoms with Crippen molar-refractivity contribution in [3.8, 4) is 5.75 Å². The first-order chi connectivity index (χ1) is 14.1. The molecule has 0 saturated carbocycles. The first kappa shape index (κ1) is 19.5. The lowest BCUT2D eigenvalue weighted by atomic mass is 9.96. The van der Waals surface area contributed by atoms with Gasteiger partial charge in [0.1, 0.15) is 11.9 Å². The lowest BCUT2D eigenvalue weighted by Gasteiger charge is -2.27. The third kappa shape index (κ3) is 4.80. The van der Waals surface area contributed by atoms with E-state index in [2.05, 4.69) is 43.4 Å². The monoisotopic (exact) mass is 392 g/mol. The van der Waals surface area contributed by atoms with Gasteiger partial charge in [-0.2, -0.15) is 0 Å². The minimum atomic E-state index is -0.0977. The maximum absolute atomic E-state index is 12.8.